The van der Waals surface area contributed by atoms with E-state index in [0.717, 1.165) is 6.07 Å². The van der Waals surface area contributed by atoms with Gasteiger partial charge >= 0.3 is 0 Å². The molecule has 1 rings (SSSR count). The van der Waals surface area contributed by atoms with Crippen molar-refractivity contribution >= 4 is 5.91 Å². The van der Waals surface area contributed by atoms with E-state index in [2.05, 4.69) is 5.32 Å². The molecule has 0 heterocycles. The molecule has 0 aromatic heterocycles. The third-order valence-corrected chi connectivity index (χ3v) is 2.10. The number of halogens is 1. The van der Waals surface area contributed by atoms with Crippen molar-refractivity contribution in [2.24, 2.45) is 0 Å². The summed E-state index contributed by atoms with van der Waals surface area (Å²) in [5.41, 5.74) is 0.234. The van der Waals surface area contributed by atoms with Gasteiger partial charge in [0.1, 0.15) is 0 Å². The van der Waals surface area contributed by atoms with Gasteiger partial charge in [-0.2, -0.15) is 5.26 Å². The van der Waals surface area contributed by atoms with Crippen molar-refractivity contribution < 1.29 is 13.9 Å². The molecule has 0 aliphatic rings. The molecule has 1 aromatic carbocycles. The van der Waals surface area contributed by atoms with E-state index in [9.17, 15) is 9.18 Å². The van der Waals surface area contributed by atoms with Crippen molar-refractivity contribution in [3.8, 4) is 11.8 Å². The lowest BCUT2D eigenvalue weighted by molar-refractivity contribution is -0.122. The summed E-state index contributed by atoms with van der Waals surface area (Å²) in [6.07, 6.45) is 0.164. The van der Waals surface area contributed by atoms with Crippen molar-refractivity contribution in [3.05, 3.63) is 29.6 Å². The Balaban J connectivity index is 2.45. The maximum absolute atomic E-state index is 13.4. The van der Waals surface area contributed by atoms with Crippen molar-refractivity contribution in [3.63, 3.8) is 0 Å². The monoisotopic (exact) mass is 250 g/mol. The lowest BCUT2D eigenvalue weighted by Crippen LogP contribution is -2.31. The summed E-state index contributed by atoms with van der Waals surface area (Å²) in [6, 6.07) is 5.85. The van der Waals surface area contributed by atoms with Crippen LogP contribution in [0.25, 0.3) is 0 Å². The molecule has 0 fully saturated rings. The first-order chi connectivity index (χ1) is 8.52. The van der Waals surface area contributed by atoms with Crippen molar-refractivity contribution in [2.45, 2.75) is 26.3 Å². The van der Waals surface area contributed by atoms with Gasteiger partial charge in [0.05, 0.1) is 24.7 Å². The number of amides is 1. The van der Waals surface area contributed by atoms with Crippen molar-refractivity contribution in [1.82, 2.24) is 5.32 Å². The number of carbonyl (C=O) groups is 1. The summed E-state index contributed by atoms with van der Waals surface area (Å²) in [4.78, 5) is 11.3. The number of nitriles is 1. The van der Waals surface area contributed by atoms with E-state index < -0.39 is 5.82 Å². The summed E-state index contributed by atoms with van der Waals surface area (Å²) in [6.45, 7) is 3.82. The highest BCUT2D eigenvalue weighted by atomic mass is 19.1. The van der Waals surface area contributed by atoms with Crippen LogP contribution in [0.15, 0.2) is 18.2 Å². The van der Waals surface area contributed by atoms with Crippen LogP contribution in [-0.2, 0) is 4.79 Å². The molecular formula is C13H15FN2O2. The van der Waals surface area contributed by atoms with Gasteiger partial charge in [-0.1, -0.05) is 0 Å². The molecule has 1 aromatic rings. The number of hydrogen-bond acceptors (Lipinski definition) is 3. The Morgan fingerprint density at radius 3 is 2.83 bits per heavy atom. The second-order valence-electron chi connectivity index (χ2n) is 4.08. The number of ether oxygens (including phenoxy) is 1. The second kappa shape index (κ2) is 6.60. The van der Waals surface area contributed by atoms with E-state index in [1.165, 1.54) is 12.1 Å². The van der Waals surface area contributed by atoms with Crippen molar-refractivity contribution in [2.75, 3.05) is 6.61 Å². The van der Waals surface area contributed by atoms with Crippen LogP contribution in [0.4, 0.5) is 4.39 Å². The first-order valence-electron chi connectivity index (χ1n) is 5.64. The summed E-state index contributed by atoms with van der Waals surface area (Å²) in [5, 5.41) is 11.3. The zero-order chi connectivity index (χ0) is 13.5. The van der Waals surface area contributed by atoms with Crippen molar-refractivity contribution in [1.29, 1.82) is 5.26 Å². The molecule has 0 saturated carbocycles. The average Bonchev–Trinajstić information content (AvgIpc) is 2.30. The molecule has 1 N–H and O–H groups in total. The summed E-state index contributed by atoms with van der Waals surface area (Å²) in [5.74, 6) is -0.691. The van der Waals surface area contributed by atoms with Gasteiger partial charge in [0, 0.05) is 6.04 Å². The Kier molecular flexibility index (Phi) is 5.12. The third kappa shape index (κ3) is 4.42. The normalized spacial score (nSPS) is 9.94. The standard InChI is InChI=1S/C13H15FN2O2/c1-9(2)16-13(17)5-6-18-12-4-3-10(8-15)7-11(12)14/h3-4,7,9H,5-6H2,1-2H3,(H,16,17). The molecule has 0 saturated heterocycles. The van der Waals surface area contributed by atoms with Gasteiger partial charge < -0.3 is 10.1 Å². The van der Waals surface area contributed by atoms with Gasteiger partial charge in [-0.05, 0) is 32.0 Å². The number of benzene rings is 1. The topological polar surface area (TPSA) is 62.1 Å². The van der Waals surface area contributed by atoms with Gasteiger partial charge in [-0.3, -0.25) is 4.79 Å². The Hall–Kier alpha value is -2.09. The van der Waals surface area contributed by atoms with Crippen LogP contribution in [0.2, 0.25) is 0 Å². The molecule has 18 heavy (non-hydrogen) atoms. The number of nitrogens with zero attached hydrogens (tertiary/aromatic N) is 1. The van der Waals surface area contributed by atoms with Crippen LogP contribution in [-0.4, -0.2) is 18.6 Å². The molecule has 0 aliphatic carbocycles. The highest BCUT2D eigenvalue weighted by molar-refractivity contribution is 5.76. The zero-order valence-corrected chi connectivity index (χ0v) is 10.4. The Morgan fingerprint density at radius 2 is 2.28 bits per heavy atom. The molecule has 96 valence electrons. The minimum Gasteiger partial charge on any atom is -0.490 e. The van der Waals surface area contributed by atoms with Crippen LogP contribution in [0, 0.1) is 17.1 Å². The fourth-order valence-corrected chi connectivity index (χ4v) is 1.34. The minimum atomic E-state index is -0.599. The van der Waals surface area contributed by atoms with Crippen LogP contribution in [0.1, 0.15) is 25.8 Å². The molecule has 5 heteroatoms. The molecule has 0 bridgehead atoms. The smallest absolute Gasteiger partial charge is 0.223 e. The van der Waals surface area contributed by atoms with Gasteiger partial charge in [-0.15, -0.1) is 0 Å². The van der Waals surface area contributed by atoms with Gasteiger partial charge in [-0.25, -0.2) is 4.39 Å². The van der Waals surface area contributed by atoms with E-state index in [4.69, 9.17) is 10.00 Å². The number of rotatable bonds is 5. The van der Waals surface area contributed by atoms with E-state index in [0.29, 0.717) is 0 Å². The molecule has 0 atom stereocenters. The first-order valence-corrected chi connectivity index (χ1v) is 5.64. The van der Waals surface area contributed by atoms with E-state index in [-0.39, 0.29) is 36.3 Å². The maximum atomic E-state index is 13.4. The molecule has 0 aliphatic heterocycles. The van der Waals surface area contributed by atoms with E-state index >= 15 is 0 Å². The summed E-state index contributed by atoms with van der Waals surface area (Å²) in [7, 11) is 0. The first kappa shape index (κ1) is 14.0. The predicted octanol–water partition coefficient (Wildman–Crippen LogP) is 1.99. The van der Waals surface area contributed by atoms with E-state index in [1.54, 1.807) is 0 Å². The Morgan fingerprint density at radius 1 is 1.56 bits per heavy atom. The largest absolute Gasteiger partial charge is 0.490 e. The summed E-state index contributed by atoms with van der Waals surface area (Å²) >= 11 is 0. The quantitative estimate of drug-likeness (QED) is 0.869. The van der Waals surface area contributed by atoms with E-state index in [1.807, 2.05) is 19.9 Å². The second-order valence-corrected chi connectivity index (χ2v) is 4.08. The highest BCUT2D eigenvalue weighted by Gasteiger charge is 2.07. The SMILES string of the molecule is CC(C)NC(=O)CCOc1ccc(C#N)cc1F. The number of carbonyl (C=O) groups excluding carboxylic acids is 1. The molecule has 0 spiro atoms. The Bertz CT molecular complexity index is 467. The molecule has 0 radical (unpaired) electrons. The molecule has 4 nitrogen and oxygen atoms in total. The van der Waals surface area contributed by atoms with Crippen LogP contribution in [0.3, 0.4) is 0 Å². The molecule has 1 amide bonds. The van der Waals surface area contributed by atoms with Gasteiger partial charge in [0.25, 0.3) is 0 Å². The zero-order valence-electron chi connectivity index (χ0n) is 10.4. The van der Waals surface area contributed by atoms with Gasteiger partial charge in [0.2, 0.25) is 5.91 Å². The predicted molar refractivity (Wildman–Crippen MR) is 64.5 cm³/mol. The fourth-order valence-electron chi connectivity index (χ4n) is 1.34. The minimum absolute atomic E-state index is 0.0475. The lowest BCUT2D eigenvalue weighted by atomic mass is 10.2. The van der Waals surface area contributed by atoms with Crippen LogP contribution < -0.4 is 10.1 Å². The van der Waals surface area contributed by atoms with Crippen LogP contribution in [0.5, 0.6) is 5.75 Å². The highest BCUT2D eigenvalue weighted by Crippen LogP contribution is 2.17. The molecular weight excluding hydrogens is 235 g/mol. The maximum Gasteiger partial charge on any atom is 0.223 e. The van der Waals surface area contributed by atoms with Gasteiger partial charge in [0.15, 0.2) is 11.6 Å². The number of hydrogen-bond donors (Lipinski definition) is 1. The summed E-state index contributed by atoms with van der Waals surface area (Å²) < 4.78 is 18.5. The van der Waals surface area contributed by atoms with Crippen LogP contribution >= 0.6 is 0 Å². The Labute approximate surface area is 105 Å². The lowest BCUT2D eigenvalue weighted by Gasteiger charge is -2.09. The molecule has 0 unspecified atom stereocenters. The average molecular weight is 250 g/mol. The fraction of sp³-hybridized carbons (Fsp3) is 0.385. The number of nitrogens with one attached hydrogen (secondary N) is 1. The third-order valence-electron chi connectivity index (χ3n) is 2.10.